The van der Waals surface area contributed by atoms with E-state index in [1.807, 2.05) is 13.8 Å². The Balaban J connectivity index is 1.19. The van der Waals surface area contributed by atoms with Gasteiger partial charge in [-0.05, 0) is 106 Å². The number of fused-ring (bicyclic) bond motifs is 3. The number of nitrogens with one attached hydrogen (secondary N) is 14. The van der Waals surface area contributed by atoms with Crippen LogP contribution in [0.3, 0.4) is 0 Å². The second-order valence-electron chi connectivity index (χ2n) is 34.4. The molecule has 0 spiro atoms. The summed E-state index contributed by atoms with van der Waals surface area (Å²) in [6, 6.07) is 3.21. The van der Waals surface area contributed by atoms with Crippen LogP contribution in [-0.4, -0.2) is 301 Å². The Bertz CT molecular complexity index is 5120. The molecular formula is C91H129N23O18S. The molecule has 133 heavy (non-hydrogen) atoms. The van der Waals surface area contributed by atoms with E-state index in [9.17, 15) is 62.6 Å². The minimum absolute atomic E-state index is 0.00105. The molecule has 0 unspecified atom stereocenters. The maximum atomic E-state index is 15.7. The van der Waals surface area contributed by atoms with Gasteiger partial charge in [0.15, 0.2) is 11.7 Å². The van der Waals surface area contributed by atoms with Gasteiger partial charge in [0.05, 0.1) is 38.2 Å². The van der Waals surface area contributed by atoms with Crippen molar-refractivity contribution in [2.24, 2.45) is 29.0 Å². The largest absolute Gasteiger partial charge is 0.394 e. The van der Waals surface area contributed by atoms with Crippen LogP contribution in [-0.2, 0) is 107 Å². The van der Waals surface area contributed by atoms with Crippen LogP contribution in [0.25, 0.3) is 21.8 Å². The number of para-hydroxylation sites is 2. The molecule has 8 rings (SSSR count). The summed E-state index contributed by atoms with van der Waals surface area (Å²) in [4.78, 5) is 268. The number of imidazole rings is 1. The third kappa shape index (κ3) is 30.4. The van der Waals surface area contributed by atoms with Crippen LogP contribution in [0.5, 0.6) is 0 Å². The summed E-state index contributed by atoms with van der Waals surface area (Å²) in [6.07, 6.45) is 5.71. The second kappa shape index (κ2) is 50.9. The zero-order chi connectivity index (χ0) is 97.4. The van der Waals surface area contributed by atoms with Gasteiger partial charge in [-0.1, -0.05) is 114 Å². The standard InChI is InChI=1S/C91H129N23O18S/c1-11-13-30-72-84(126)103-64(29-21-33-97-91(94)95)81(123)109-71(80(122)100-45-76(93)118)48-133-49-77(119)102-67(38-54-24-16-15-23-52(54)5)87(129)111(8)53(6)78(120)105-69(41-75(92)117)89(131)114-34-22-32-73(114)85(127)104-65(40-58-44-96-50-101-58)82(124)106-66(35-51(3)4)86(128)110(7)46-59(116)37-55(36-56-42-98-62-27-19-17-25-60(56)62)79(121)108-70(47-115)83(125)107-68(39-57-43-99-63-28-20-18-26-61(57)63)88(130)113(10)74(31-14-12-2)90(132)112(72)9/h15-20,23-28,42-44,50-51,53,55,64-74,98-99,115H,11-14,21-22,29-41,45-49H2,1-10H3,(H2,92,117)(H2,93,118)(H,96,101)(H,100,122)(H,102,119)(H,103,126)(H,104,127)(H,105,120)(H,106,124)(H,107,125)(H,108,121)(H,109,123)(H4,94,95,97)/t53-,55+,64-,65-,66-,67-,68-,69-,70-,71-,72-,73-,74-/m0/s1. The van der Waals surface area contributed by atoms with E-state index in [1.165, 1.54) is 52.5 Å². The van der Waals surface area contributed by atoms with E-state index in [2.05, 4.69) is 73.1 Å². The Labute approximate surface area is 776 Å². The quantitative estimate of drug-likeness (QED) is 0.0181. The highest BCUT2D eigenvalue weighted by atomic mass is 32.2. The van der Waals surface area contributed by atoms with Gasteiger partial charge in [-0.3, -0.25) is 86.9 Å². The first-order valence-electron chi connectivity index (χ1n) is 44.8. The molecule has 0 radical (unpaired) electrons. The number of rotatable bonds is 26. The molecule has 3 aromatic heterocycles. The number of benzene rings is 3. The fourth-order valence-electron chi connectivity index (χ4n) is 16.3. The van der Waals surface area contributed by atoms with Gasteiger partial charge in [-0.2, -0.15) is 0 Å². The number of aryl methyl sites for hydroxylation is 1. The number of Topliss-reactive ketones (excluding diaryl/α,β-unsaturated/α-hetero) is 1. The first-order valence-corrected chi connectivity index (χ1v) is 46.0. The number of nitrogens with two attached hydrogens (primary N) is 3. The molecule has 13 atom stereocenters. The molecule has 2 aliphatic heterocycles. The molecule has 5 heterocycles. The molecule has 3 aromatic carbocycles. The highest BCUT2D eigenvalue weighted by Crippen LogP contribution is 2.28. The van der Waals surface area contributed by atoms with Crippen LogP contribution in [0.4, 0.5) is 0 Å². The van der Waals surface area contributed by atoms with Crippen molar-refractivity contribution in [3.63, 3.8) is 0 Å². The summed E-state index contributed by atoms with van der Waals surface area (Å²) in [7, 11) is 5.32. The summed E-state index contributed by atoms with van der Waals surface area (Å²) in [5.41, 5.74) is 20.9. The predicted molar refractivity (Wildman–Crippen MR) is 496 cm³/mol. The number of aliphatic hydroxyl groups excluding tert-OH is 1. The predicted octanol–water partition coefficient (Wildman–Crippen LogP) is -0.739. The van der Waals surface area contributed by atoms with Crippen molar-refractivity contribution < 1.29 is 86.6 Å². The van der Waals surface area contributed by atoms with E-state index in [1.54, 1.807) is 106 Å². The van der Waals surface area contributed by atoms with Gasteiger partial charge >= 0.3 is 0 Å². The number of hydrogen-bond donors (Lipinski definition) is 18. The zero-order valence-corrected chi connectivity index (χ0v) is 77.8. The highest BCUT2D eigenvalue weighted by molar-refractivity contribution is 8.00. The average molecular weight is 1870 g/mol. The number of aliphatic hydroxyl groups is 1. The van der Waals surface area contributed by atoms with E-state index in [0.29, 0.717) is 75.4 Å². The lowest BCUT2D eigenvalue weighted by atomic mass is 9.92. The minimum Gasteiger partial charge on any atom is -0.394 e. The molecule has 6 aromatic rings. The highest BCUT2D eigenvalue weighted by Gasteiger charge is 2.44. The van der Waals surface area contributed by atoms with Gasteiger partial charge in [0.1, 0.15) is 72.5 Å². The van der Waals surface area contributed by atoms with Crippen molar-refractivity contribution in [3.05, 3.63) is 126 Å². The number of aromatic amines is 3. The van der Waals surface area contributed by atoms with Crippen LogP contribution >= 0.6 is 11.8 Å². The van der Waals surface area contributed by atoms with Gasteiger partial charge < -0.3 is 115 Å². The Morgan fingerprint density at radius 1 is 0.564 bits per heavy atom. The van der Waals surface area contributed by atoms with Crippen molar-refractivity contribution in [2.45, 2.75) is 223 Å². The Morgan fingerprint density at radius 3 is 1.74 bits per heavy atom. The Hall–Kier alpha value is -13.3. The summed E-state index contributed by atoms with van der Waals surface area (Å²) in [5.74, 6) is -17.9. The number of hydrogen-bond acceptors (Lipinski definition) is 21. The molecule has 2 saturated heterocycles. The molecule has 0 bridgehead atoms. The van der Waals surface area contributed by atoms with Crippen LogP contribution in [0.2, 0.25) is 0 Å². The van der Waals surface area contributed by atoms with Crippen molar-refractivity contribution in [1.29, 1.82) is 5.41 Å². The number of ketones is 1. The molecule has 16 amide bonds. The van der Waals surface area contributed by atoms with Gasteiger partial charge in [0.2, 0.25) is 94.5 Å². The van der Waals surface area contributed by atoms with E-state index in [0.717, 1.165) is 31.4 Å². The SMILES string of the molecule is CCCC[C@H]1C(=O)N(C)[C@@H](CCCC)C(=O)N[C@@H](CCCNC(=N)N)C(=O)N[C@H](C(=O)NCC(N)=O)CSCC(=O)N[C@@H](Cc2ccccc2C)C(=O)N(C)[C@@H](C)C(=O)N[C@@H](CC(N)=O)C(=O)N2CCC[C@H]2C(=O)N[C@@H](Cc2cnc[nH]2)C(=O)N[C@@H](CC(C)C)C(=O)N(C)CC(=O)C[C@@H](Cc2c[nH]c3ccccc23)C(=O)N[C@@H](CO)C(=O)N[C@@H](Cc2c[nH]c3ccccc23)C(=O)N1C. The van der Waals surface area contributed by atoms with E-state index in [4.69, 9.17) is 22.6 Å². The lowest BCUT2D eigenvalue weighted by molar-refractivity contribution is -0.149. The number of likely N-dealkylation sites (N-methyl/N-ethyl adjacent to an activating group) is 4. The monoisotopic (exact) mass is 1860 g/mol. The molecule has 42 heteroatoms. The molecule has 2 fully saturated rings. The second-order valence-corrected chi connectivity index (χ2v) is 35.4. The van der Waals surface area contributed by atoms with Crippen molar-refractivity contribution >= 4 is 140 Å². The maximum absolute atomic E-state index is 15.7. The lowest BCUT2D eigenvalue weighted by Crippen LogP contribution is -2.61. The fourth-order valence-corrected chi connectivity index (χ4v) is 17.1. The molecule has 41 nitrogen and oxygen atoms in total. The summed E-state index contributed by atoms with van der Waals surface area (Å²) >= 11 is 0.800. The van der Waals surface area contributed by atoms with E-state index in [-0.39, 0.29) is 89.6 Å². The van der Waals surface area contributed by atoms with Crippen molar-refractivity contribution in [2.75, 3.05) is 72.5 Å². The van der Waals surface area contributed by atoms with Crippen LogP contribution < -0.4 is 70.4 Å². The third-order valence-electron chi connectivity index (χ3n) is 23.8. The number of H-pyrrole nitrogens is 3. The molecule has 0 saturated carbocycles. The average Bonchev–Trinajstić information content (AvgIpc) is 0.859. The fraction of sp³-hybridized carbons (Fsp3) is 0.527. The third-order valence-corrected chi connectivity index (χ3v) is 24.8. The van der Waals surface area contributed by atoms with Crippen molar-refractivity contribution in [1.82, 2.24) is 97.6 Å². The summed E-state index contributed by atoms with van der Waals surface area (Å²) in [5, 5.41) is 47.0. The van der Waals surface area contributed by atoms with Crippen molar-refractivity contribution in [3.8, 4) is 0 Å². The van der Waals surface area contributed by atoms with Crippen LogP contribution in [0, 0.1) is 24.2 Å². The van der Waals surface area contributed by atoms with Crippen LogP contribution in [0.1, 0.15) is 146 Å². The van der Waals surface area contributed by atoms with Gasteiger partial charge in [0.25, 0.3) is 0 Å². The number of aromatic nitrogens is 4. The first kappa shape index (κ1) is 105. The summed E-state index contributed by atoms with van der Waals surface area (Å²) < 4.78 is 0. The molecule has 722 valence electrons. The number of nitrogens with zero attached hydrogens (tertiary/aromatic N) is 6. The number of primary amides is 2. The number of carbonyl (C=O) groups is 17. The zero-order valence-electron chi connectivity index (χ0n) is 77.0. The molecule has 0 aliphatic carbocycles. The lowest BCUT2D eigenvalue weighted by Gasteiger charge is -2.36. The summed E-state index contributed by atoms with van der Waals surface area (Å²) in [6.45, 7) is 7.89. The number of carbonyl (C=O) groups excluding carboxylic acids is 17. The smallest absolute Gasteiger partial charge is 0.246 e. The van der Waals surface area contributed by atoms with Gasteiger partial charge in [0, 0.05) is 125 Å². The molecule has 2 aliphatic rings. The van der Waals surface area contributed by atoms with E-state index >= 15 is 24.0 Å². The van der Waals surface area contributed by atoms with E-state index < -0.39 is 229 Å². The molecular weight excluding hydrogens is 1740 g/mol. The first-order chi connectivity index (χ1) is 63.3. The minimum atomic E-state index is -1.81. The molecule has 21 N–H and O–H groups in total. The van der Waals surface area contributed by atoms with Gasteiger partial charge in [-0.25, -0.2) is 4.98 Å². The number of thioether (sulfide) groups is 1. The Morgan fingerprint density at radius 2 is 1.13 bits per heavy atom. The number of amides is 16. The number of unbranched alkanes of at least 4 members (excludes halogenated alkanes) is 2. The maximum Gasteiger partial charge on any atom is 0.246 e. The normalized spacial score (nSPS) is 23.5. The topological polar surface area (TPSA) is 609 Å². The van der Waals surface area contributed by atoms with Gasteiger partial charge in [-0.15, -0.1) is 11.8 Å². The number of guanidine groups is 1. The van der Waals surface area contributed by atoms with Crippen LogP contribution in [0.15, 0.2) is 97.7 Å². The Kier molecular flexibility index (Phi) is 40.2.